The topological polar surface area (TPSA) is 75.4 Å². The number of nitrogens with one attached hydrogen (secondary N) is 1. The van der Waals surface area contributed by atoms with E-state index in [9.17, 15) is 8.42 Å². The van der Waals surface area contributed by atoms with Gasteiger partial charge in [-0.1, -0.05) is 6.07 Å². The van der Waals surface area contributed by atoms with Crippen molar-refractivity contribution in [1.82, 2.24) is 4.72 Å². The molecule has 5 nitrogen and oxygen atoms in total. The lowest BCUT2D eigenvalue weighted by Gasteiger charge is -2.17. The van der Waals surface area contributed by atoms with Gasteiger partial charge in [-0.3, -0.25) is 0 Å². The molecule has 0 aromatic heterocycles. The van der Waals surface area contributed by atoms with E-state index in [-0.39, 0.29) is 30.4 Å². The molecule has 0 aliphatic rings. The normalized spacial score (nSPS) is 10.9. The zero-order valence-electron chi connectivity index (χ0n) is 10.8. The van der Waals surface area contributed by atoms with Crippen molar-refractivity contribution in [3.05, 3.63) is 23.8 Å². The molecule has 0 atom stereocenters. The molecule has 0 radical (unpaired) electrons. The Bertz CT molecular complexity index is 489. The Hall–Kier alpha value is -0.820. The number of sulfonamides is 1. The van der Waals surface area contributed by atoms with Gasteiger partial charge in [-0.2, -0.15) is 0 Å². The van der Waals surface area contributed by atoms with Crippen LogP contribution in [-0.4, -0.2) is 35.6 Å². The highest BCUT2D eigenvalue weighted by atomic mass is 35.5. The lowest BCUT2D eigenvalue weighted by Crippen LogP contribution is -2.29. The fourth-order valence-electron chi connectivity index (χ4n) is 1.51. The van der Waals surface area contributed by atoms with E-state index in [1.165, 1.54) is 0 Å². The summed E-state index contributed by atoms with van der Waals surface area (Å²) in [6.07, 6.45) is 0. The second-order valence-corrected chi connectivity index (χ2v) is 5.80. The summed E-state index contributed by atoms with van der Waals surface area (Å²) in [6.45, 7) is 2.47. The first kappa shape index (κ1) is 17.2. The van der Waals surface area contributed by atoms with Gasteiger partial charge in [0.2, 0.25) is 10.0 Å². The number of benzene rings is 1. The number of rotatable bonds is 5. The molecule has 0 aliphatic heterocycles. The van der Waals surface area contributed by atoms with E-state index in [4.69, 9.17) is 5.73 Å². The van der Waals surface area contributed by atoms with Crippen LogP contribution >= 0.6 is 12.4 Å². The number of hydrogen-bond donors (Lipinski definition) is 2. The Morgan fingerprint density at radius 2 is 1.94 bits per heavy atom. The molecule has 1 aromatic rings. The molecule has 104 valence electrons. The maximum absolute atomic E-state index is 11.9. The number of halogens is 1. The van der Waals surface area contributed by atoms with E-state index in [1.54, 1.807) is 18.2 Å². The fourth-order valence-corrected chi connectivity index (χ4v) is 2.58. The summed E-state index contributed by atoms with van der Waals surface area (Å²) in [4.78, 5) is 2.15. The van der Waals surface area contributed by atoms with Crippen LogP contribution in [0.15, 0.2) is 23.1 Å². The average molecular weight is 294 g/mol. The highest BCUT2D eigenvalue weighted by Gasteiger charge is 2.14. The zero-order chi connectivity index (χ0) is 13.1. The molecule has 0 aliphatic carbocycles. The standard InChI is InChI=1S/C11H19N3O2S.ClH/c1-9-4-5-10(8-11(9)14(2)3)17(15,16)13-7-6-12;/h4-5,8,13H,6-7,12H2,1-3H3;1H. The quantitative estimate of drug-likeness (QED) is 0.839. The van der Waals surface area contributed by atoms with Gasteiger partial charge in [0.05, 0.1) is 4.90 Å². The molecule has 0 bridgehead atoms. The minimum atomic E-state index is -3.45. The van der Waals surface area contributed by atoms with E-state index < -0.39 is 10.0 Å². The van der Waals surface area contributed by atoms with Gasteiger partial charge in [0.1, 0.15) is 0 Å². The third kappa shape index (κ3) is 4.13. The van der Waals surface area contributed by atoms with Gasteiger partial charge in [-0.15, -0.1) is 12.4 Å². The Labute approximate surface area is 115 Å². The molecule has 18 heavy (non-hydrogen) atoms. The lowest BCUT2D eigenvalue weighted by molar-refractivity contribution is 0.582. The molecule has 0 fully saturated rings. The van der Waals surface area contributed by atoms with Crippen LogP contribution in [0.1, 0.15) is 5.56 Å². The Balaban J connectivity index is 0.00000289. The monoisotopic (exact) mass is 293 g/mol. The largest absolute Gasteiger partial charge is 0.377 e. The molecule has 1 aromatic carbocycles. The molecule has 3 N–H and O–H groups in total. The van der Waals surface area contributed by atoms with Crippen LogP contribution in [0.5, 0.6) is 0 Å². The minimum Gasteiger partial charge on any atom is -0.377 e. The average Bonchev–Trinajstić information content (AvgIpc) is 2.26. The van der Waals surface area contributed by atoms with Crippen molar-refractivity contribution in [2.24, 2.45) is 5.73 Å². The fraction of sp³-hybridized carbons (Fsp3) is 0.455. The molecule has 0 amide bonds. The van der Waals surface area contributed by atoms with Crippen LogP contribution in [0, 0.1) is 6.92 Å². The van der Waals surface area contributed by atoms with Crippen LogP contribution in [0.3, 0.4) is 0 Å². The van der Waals surface area contributed by atoms with Gasteiger partial charge >= 0.3 is 0 Å². The SMILES string of the molecule is Cc1ccc(S(=O)(=O)NCCN)cc1N(C)C.Cl. The van der Waals surface area contributed by atoms with Gasteiger partial charge in [0.25, 0.3) is 0 Å². The third-order valence-electron chi connectivity index (χ3n) is 2.41. The summed E-state index contributed by atoms with van der Waals surface area (Å²) in [5, 5.41) is 0. The molecular weight excluding hydrogens is 274 g/mol. The molecule has 0 saturated carbocycles. The number of anilines is 1. The van der Waals surface area contributed by atoms with Crippen LogP contribution in [0.2, 0.25) is 0 Å². The van der Waals surface area contributed by atoms with Gasteiger partial charge in [-0.05, 0) is 24.6 Å². The smallest absolute Gasteiger partial charge is 0.240 e. The Morgan fingerprint density at radius 3 is 2.44 bits per heavy atom. The van der Waals surface area contributed by atoms with Crippen LogP contribution in [0.4, 0.5) is 5.69 Å². The maximum atomic E-state index is 11.9. The summed E-state index contributed by atoms with van der Waals surface area (Å²) in [6, 6.07) is 5.06. The zero-order valence-corrected chi connectivity index (χ0v) is 12.4. The summed E-state index contributed by atoms with van der Waals surface area (Å²) in [5.74, 6) is 0. The number of nitrogens with zero attached hydrogens (tertiary/aromatic N) is 1. The third-order valence-corrected chi connectivity index (χ3v) is 3.87. The van der Waals surface area contributed by atoms with E-state index in [0.717, 1.165) is 11.3 Å². The molecule has 0 unspecified atom stereocenters. The van der Waals surface area contributed by atoms with Crippen molar-refractivity contribution in [3.63, 3.8) is 0 Å². The molecular formula is C11H20ClN3O2S. The molecule has 0 saturated heterocycles. The number of hydrogen-bond acceptors (Lipinski definition) is 4. The first-order valence-corrected chi connectivity index (χ1v) is 6.84. The second-order valence-electron chi connectivity index (χ2n) is 4.03. The van der Waals surface area contributed by atoms with Crippen LogP contribution in [0.25, 0.3) is 0 Å². The van der Waals surface area contributed by atoms with Crippen molar-refractivity contribution < 1.29 is 8.42 Å². The van der Waals surface area contributed by atoms with Gasteiger partial charge < -0.3 is 10.6 Å². The molecule has 0 spiro atoms. The van der Waals surface area contributed by atoms with Gasteiger partial charge in [0, 0.05) is 32.9 Å². The summed E-state index contributed by atoms with van der Waals surface area (Å²) in [7, 11) is 0.310. The summed E-state index contributed by atoms with van der Waals surface area (Å²) in [5.41, 5.74) is 7.21. The molecule has 7 heteroatoms. The Morgan fingerprint density at radius 1 is 1.33 bits per heavy atom. The number of aryl methyl sites for hydroxylation is 1. The second kappa shape index (κ2) is 6.94. The van der Waals surface area contributed by atoms with Crippen molar-refractivity contribution in [3.8, 4) is 0 Å². The van der Waals surface area contributed by atoms with E-state index in [2.05, 4.69) is 4.72 Å². The van der Waals surface area contributed by atoms with Gasteiger partial charge in [-0.25, -0.2) is 13.1 Å². The highest BCUT2D eigenvalue weighted by Crippen LogP contribution is 2.22. The van der Waals surface area contributed by atoms with E-state index in [1.807, 2.05) is 25.9 Å². The van der Waals surface area contributed by atoms with E-state index in [0.29, 0.717) is 0 Å². The van der Waals surface area contributed by atoms with Gasteiger partial charge in [0.15, 0.2) is 0 Å². The summed E-state index contributed by atoms with van der Waals surface area (Å²) >= 11 is 0. The lowest BCUT2D eigenvalue weighted by atomic mass is 10.2. The number of nitrogens with two attached hydrogens (primary N) is 1. The van der Waals surface area contributed by atoms with E-state index >= 15 is 0 Å². The predicted octanol–water partition coefficient (Wildman–Crippen LogP) is 0.720. The predicted molar refractivity (Wildman–Crippen MR) is 77.0 cm³/mol. The maximum Gasteiger partial charge on any atom is 0.240 e. The van der Waals surface area contributed by atoms with Crippen LogP contribution in [-0.2, 0) is 10.0 Å². The molecule has 0 heterocycles. The minimum absolute atomic E-state index is 0. The Kier molecular flexibility index (Phi) is 6.62. The van der Waals surface area contributed by atoms with Crippen molar-refractivity contribution in [2.45, 2.75) is 11.8 Å². The van der Waals surface area contributed by atoms with Crippen LogP contribution < -0.4 is 15.4 Å². The molecule has 1 rings (SSSR count). The van der Waals surface area contributed by atoms with Crippen molar-refractivity contribution in [2.75, 3.05) is 32.1 Å². The first-order chi connectivity index (χ1) is 7.88. The summed E-state index contributed by atoms with van der Waals surface area (Å²) < 4.78 is 26.2. The highest BCUT2D eigenvalue weighted by molar-refractivity contribution is 7.89. The van der Waals surface area contributed by atoms with Crippen molar-refractivity contribution in [1.29, 1.82) is 0 Å². The first-order valence-electron chi connectivity index (χ1n) is 5.36. The van der Waals surface area contributed by atoms with Crippen molar-refractivity contribution >= 4 is 28.1 Å².